The van der Waals surface area contributed by atoms with Gasteiger partial charge in [0.2, 0.25) is 5.91 Å². The molecule has 2 fully saturated rings. The SMILES string of the molecule is COc1cccc(C=C2SC(=S)N(CCC(=O)N3CCCCC3C(=O)O)C2=O)c1. The van der Waals surface area contributed by atoms with Gasteiger partial charge in [0.1, 0.15) is 16.1 Å². The van der Waals surface area contributed by atoms with Crippen LogP contribution in [-0.2, 0) is 14.4 Å². The first-order chi connectivity index (χ1) is 13.9. The van der Waals surface area contributed by atoms with Crippen LogP contribution in [0.2, 0.25) is 0 Å². The van der Waals surface area contributed by atoms with E-state index < -0.39 is 12.0 Å². The molecule has 1 aromatic rings. The molecule has 0 radical (unpaired) electrons. The molecule has 29 heavy (non-hydrogen) atoms. The lowest BCUT2D eigenvalue weighted by atomic mass is 10.0. The van der Waals surface area contributed by atoms with Crippen LogP contribution >= 0.6 is 24.0 Å². The highest BCUT2D eigenvalue weighted by molar-refractivity contribution is 8.26. The molecular formula is C20H22N2O5S2. The fourth-order valence-corrected chi connectivity index (χ4v) is 4.72. The Morgan fingerprint density at radius 3 is 2.90 bits per heavy atom. The minimum absolute atomic E-state index is 0.0443. The molecule has 7 nitrogen and oxygen atoms in total. The largest absolute Gasteiger partial charge is 0.497 e. The maximum absolute atomic E-state index is 12.7. The zero-order valence-electron chi connectivity index (χ0n) is 16.0. The number of methoxy groups -OCH3 is 1. The van der Waals surface area contributed by atoms with Gasteiger partial charge in [-0.3, -0.25) is 14.5 Å². The first-order valence-corrected chi connectivity index (χ1v) is 10.5. The number of piperidine rings is 1. The monoisotopic (exact) mass is 434 g/mol. The topological polar surface area (TPSA) is 87.2 Å². The van der Waals surface area contributed by atoms with Crippen molar-refractivity contribution < 1.29 is 24.2 Å². The Morgan fingerprint density at radius 2 is 2.17 bits per heavy atom. The minimum Gasteiger partial charge on any atom is -0.497 e. The number of rotatable bonds is 6. The summed E-state index contributed by atoms with van der Waals surface area (Å²) in [6.07, 6.45) is 3.84. The van der Waals surface area contributed by atoms with Gasteiger partial charge in [-0.2, -0.15) is 0 Å². The summed E-state index contributed by atoms with van der Waals surface area (Å²) in [5.41, 5.74) is 0.818. The molecule has 2 aliphatic rings. The van der Waals surface area contributed by atoms with Crippen molar-refractivity contribution in [3.8, 4) is 5.75 Å². The lowest BCUT2D eigenvalue weighted by Gasteiger charge is -2.33. The average Bonchev–Trinajstić information content (AvgIpc) is 2.98. The molecular weight excluding hydrogens is 412 g/mol. The van der Waals surface area contributed by atoms with Crippen LogP contribution in [0.1, 0.15) is 31.2 Å². The Morgan fingerprint density at radius 1 is 1.38 bits per heavy atom. The van der Waals surface area contributed by atoms with Crippen molar-refractivity contribution in [3.63, 3.8) is 0 Å². The molecule has 0 aromatic heterocycles. The highest BCUT2D eigenvalue weighted by Crippen LogP contribution is 2.33. The molecule has 2 aliphatic heterocycles. The second-order valence-corrected chi connectivity index (χ2v) is 8.47. The van der Waals surface area contributed by atoms with Gasteiger partial charge in [0.05, 0.1) is 12.0 Å². The van der Waals surface area contributed by atoms with E-state index in [-0.39, 0.29) is 24.8 Å². The number of hydrogen-bond acceptors (Lipinski definition) is 6. The van der Waals surface area contributed by atoms with E-state index in [0.717, 1.165) is 18.4 Å². The molecule has 1 N–H and O–H groups in total. The van der Waals surface area contributed by atoms with Crippen LogP contribution < -0.4 is 4.74 Å². The van der Waals surface area contributed by atoms with E-state index in [2.05, 4.69) is 0 Å². The normalized spacial score (nSPS) is 21.0. The third-order valence-electron chi connectivity index (χ3n) is 4.92. The van der Waals surface area contributed by atoms with Gasteiger partial charge >= 0.3 is 5.97 Å². The summed E-state index contributed by atoms with van der Waals surface area (Å²) in [6, 6.07) is 6.55. The number of thioether (sulfide) groups is 1. The van der Waals surface area contributed by atoms with E-state index in [1.54, 1.807) is 13.2 Å². The van der Waals surface area contributed by atoms with E-state index in [1.165, 1.54) is 21.6 Å². The van der Waals surface area contributed by atoms with E-state index >= 15 is 0 Å². The molecule has 1 unspecified atom stereocenters. The Hall–Kier alpha value is -2.39. The first-order valence-electron chi connectivity index (χ1n) is 9.32. The maximum atomic E-state index is 12.7. The Labute approximate surface area is 178 Å². The first kappa shape index (κ1) is 21.3. The number of carboxylic acids is 1. The fraction of sp³-hybridized carbons (Fsp3) is 0.400. The van der Waals surface area contributed by atoms with Crippen LogP contribution in [0.4, 0.5) is 0 Å². The van der Waals surface area contributed by atoms with E-state index in [4.69, 9.17) is 17.0 Å². The zero-order chi connectivity index (χ0) is 21.0. The number of ether oxygens (including phenoxy) is 1. The lowest BCUT2D eigenvalue weighted by molar-refractivity contribution is -0.152. The van der Waals surface area contributed by atoms with Crippen molar-refractivity contribution in [1.82, 2.24) is 9.80 Å². The van der Waals surface area contributed by atoms with E-state index in [9.17, 15) is 19.5 Å². The molecule has 154 valence electrons. The van der Waals surface area contributed by atoms with Gasteiger partial charge in [-0.25, -0.2) is 4.79 Å². The summed E-state index contributed by atoms with van der Waals surface area (Å²) >= 11 is 6.51. The molecule has 0 spiro atoms. The maximum Gasteiger partial charge on any atom is 0.326 e. The van der Waals surface area contributed by atoms with E-state index in [0.29, 0.717) is 27.9 Å². The third-order valence-corrected chi connectivity index (χ3v) is 6.30. The van der Waals surface area contributed by atoms with Crippen molar-refractivity contribution in [3.05, 3.63) is 34.7 Å². The Balaban J connectivity index is 1.65. The van der Waals surface area contributed by atoms with Crippen LogP contribution in [0.5, 0.6) is 5.75 Å². The number of likely N-dealkylation sites (tertiary alicyclic amines) is 1. The average molecular weight is 435 g/mol. The molecule has 2 heterocycles. The van der Waals surface area contributed by atoms with Crippen molar-refractivity contribution >= 4 is 52.2 Å². The number of benzene rings is 1. The lowest BCUT2D eigenvalue weighted by Crippen LogP contribution is -2.48. The van der Waals surface area contributed by atoms with Crippen molar-refractivity contribution in [2.24, 2.45) is 0 Å². The van der Waals surface area contributed by atoms with Crippen LogP contribution in [0, 0.1) is 0 Å². The quantitative estimate of drug-likeness (QED) is 0.544. The van der Waals surface area contributed by atoms with Gasteiger partial charge in [-0.05, 0) is 43.0 Å². The molecule has 0 aliphatic carbocycles. The smallest absolute Gasteiger partial charge is 0.326 e. The van der Waals surface area contributed by atoms with Crippen LogP contribution in [-0.4, -0.2) is 63.3 Å². The van der Waals surface area contributed by atoms with Crippen LogP contribution in [0.15, 0.2) is 29.2 Å². The predicted octanol–water partition coefficient (Wildman–Crippen LogP) is 2.75. The molecule has 2 amide bonds. The highest BCUT2D eigenvalue weighted by atomic mass is 32.2. The zero-order valence-corrected chi connectivity index (χ0v) is 17.6. The van der Waals surface area contributed by atoms with Gasteiger partial charge in [0.25, 0.3) is 5.91 Å². The predicted molar refractivity (Wildman–Crippen MR) is 114 cm³/mol. The summed E-state index contributed by atoms with van der Waals surface area (Å²) in [4.78, 5) is 40.0. The van der Waals surface area contributed by atoms with Crippen molar-refractivity contribution in [2.45, 2.75) is 31.7 Å². The second kappa shape index (κ2) is 9.41. The van der Waals surface area contributed by atoms with Crippen molar-refractivity contribution in [1.29, 1.82) is 0 Å². The van der Waals surface area contributed by atoms with Gasteiger partial charge < -0.3 is 14.7 Å². The van der Waals surface area contributed by atoms with E-state index in [1.807, 2.05) is 24.3 Å². The van der Waals surface area contributed by atoms with Crippen LogP contribution in [0.25, 0.3) is 6.08 Å². The summed E-state index contributed by atoms with van der Waals surface area (Å²) in [7, 11) is 1.58. The minimum atomic E-state index is -0.982. The number of thiocarbonyl (C=S) groups is 1. The van der Waals surface area contributed by atoms with Gasteiger partial charge in [0, 0.05) is 19.5 Å². The van der Waals surface area contributed by atoms with Gasteiger partial charge in [-0.1, -0.05) is 36.1 Å². The fourth-order valence-electron chi connectivity index (χ4n) is 3.41. The van der Waals surface area contributed by atoms with Gasteiger partial charge in [0.15, 0.2) is 0 Å². The summed E-state index contributed by atoms with van der Waals surface area (Å²) in [5, 5.41) is 9.33. The molecule has 9 heteroatoms. The van der Waals surface area contributed by atoms with Crippen LogP contribution in [0.3, 0.4) is 0 Å². The number of amides is 2. The van der Waals surface area contributed by atoms with Crippen molar-refractivity contribution in [2.75, 3.05) is 20.2 Å². The number of carboxylic acid groups (broad SMARTS) is 1. The number of carbonyl (C=O) groups is 3. The third kappa shape index (κ3) is 4.97. The standard InChI is InChI=1S/C20H22N2O5S2/c1-27-14-6-4-5-13(11-14)12-16-18(24)22(20(28)29-16)10-8-17(23)21-9-3-2-7-15(21)19(25)26/h4-6,11-12,15H,2-3,7-10H2,1H3,(H,25,26). The molecule has 3 rings (SSSR count). The number of nitrogens with zero attached hydrogens (tertiary/aromatic N) is 2. The summed E-state index contributed by atoms with van der Waals surface area (Å²) in [5.74, 6) is -0.800. The Bertz CT molecular complexity index is 870. The number of hydrogen-bond donors (Lipinski definition) is 1. The number of carbonyl (C=O) groups excluding carboxylic acids is 2. The Kier molecular flexibility index (Phi) is 6.92. The highest BCUT2D eigenvalue weighted by Gasteiger charge is 2.35. The molecule has 1 aromatic carbocycles. The number of aliphatic carboxylic acids is 1. The second-order valence-electron chi connectivity index (χ2n) is 6.80. The molecule has 0 bridgehead atoms. The van der Waals surface area contributed by atoms with Gasteiger partial charge in [-0.15, -0.1) is 0 Å². The summed E-state index contributed by atoms with van der Waals surface area (Å²) < 4.78 is 5.59. The summed E-state index contributed by atoms with van der Waals surface area (Å²) in [6.45, 7) is 0.575. The molecule has 1 atom stereocenters. The molecule has 0 saturated carbocycles. The molecule has 2 saturated heterocycles.